The first kappa shape index (κ1) is 12.9. The molecule has 0 aromatic carbocycles. The average molecular weight is 249 g/mol. The molecule has 1 amide bonds. The molecule has 1 aliphatic carbocycles. The van der Waals surface area contributed by atoms with E-state index >= 15 is 0 Å². The molecule has 1 aromatic heterocycles. The van der Waals surface area contributed by atoms with Crippen LogP contribution < -0.4 is 5.32 Å². The molecule has 2 rings (SSSR count). The van der Waals surface area contributed by atoms with E-state index in [1.54, 1.807) is 13.0 Å². The lowest BCUT2D eigenvalue weighted by Crippen LogP contribution is -2.28. The first-order valence-corrected chi connectivity index (χ1v) is 6.30. The fourth-order valence-corrected chi connectivity index (χ4v) is 1.84. The first-order chi connectivity index (χ1) is 8.56. The van der Waals surface area contributed by atoms with Gasteiger partial charge in [0.05, 0.1) is 6.10 Å². The number of nitrogens with one attached hydrogen (secondary N) is 1. The van der Waals surface area contributed by atoms with Crippen molar-refractivity contribution in [1.29, 1.82) is 0 Å². The molecule has 4 heteroatoms. The Kier molecular flexibility index (Phi) is 3.87. The van der Waals surface area contributed by atoms with E-state index in [1.807, 2.05) is 12.1 Å². The molecule has 3 atom stereocenters. The Balaban J connectivity index is 1.85. The summed E-state index contributed by atoms with van der Waals surface area (Å²) in [6, 6.07) is 3.85. The van der Waals surface area contributed by atoms with Crippen molar-refractivity contribution >= 4 is 12.0 Å². The Bertz CT molecular complexity index is 448. The summed E-state index contributed by atoms with van der Waals surface area (Å²) in [4.78, 5) is 11.4. The number of furan rings is 1. The third-order valence-electron chi connectivity index (χ3n) is 3.09. The molecule has 1 aliphatic rings. The molecule has 0 radical (unpaired) electrons. The third kappa shape index (κ3) is 3.47. The van der Waals surface area contributed by atoms with Gasteiger partial charge >= 0.3 is 0 Å². The van der Waals surface area contributed by atoms with Gasteiger partial charge in [-0.15, -0.1) is 0 Å². The minimum atomic E-state index is -0.533. The van der Waals surface area contributed by atoms with Crippen LogP contribution in [0.2, 0.25) is 0 Å². The fraction of sp³-hybridized carbons (Fsp3) is 0.500. The highest BCUT2D eigenvalue weighted by molar-refractivity contribution is 5.91. The van der Waals surface area contributed by atoms with Crippen molar-refractivity contribution in [3.63, 3.8) is 0 Å². The van der Waals surface area contributed by atoms with Crippen molar-refractivity contribution < 1.29 is 14.3 Å². The minimum absolute atomic E-state index is 0.228. The van der Waals surface area contributed by atoms with Crippen molar-refractivity contribution in [3.8, 4) is 0 Å². The van der Waals surface area contributed by atoms with Gasteiger partial charge in [-0.05, 0) is 37.5 Å². The Labute approximate surface area is 107 Å². The zero-order chi connectivity index (χ0) is 13.1. The van der Waals surface area contributed by atoms with Crippen molar-refractivity contribution in [2.45, 2.75) is 32.3 Å². The van der Waals surface area contributed by atoms with Gasteiger partial charge in [0.25, 0.3) is 0 Å². The quantitative estimate of drug-likeness (QED) is 0.784. The maximum absolute atomic E-state index is 11.4. The molecule has 0 saturated heterocycles. The Morgan fingerprint density at radius 3 is 3.00 bits per heavy atom. The smallest absolute Gasteiger partial charge is 0.244 e. The van der Waals surface area contributed by atoms with Gasteiger partial charge in [0.2, 0.25) is 5.91 Å². The molecule has 2 N–H and O–H groups in total. The van der Waals surface area contributed by atoms with Crippen LogP contribution in [-0.4, -0.2) is 23.7 Å². The van der Waals surface area contributed by atoms with Gasteiger partial charge in [-0.3, -0.25) is 4.79 Å². The maximum atomic E-state index is 11.4. The highest BCUT2D eigenvalue weighted by Crippen LogP contribution is 2.47. The zero-order valence-electron chi connectivity index (χ0n) is 10.7. The second-order valence-corrected chi connectivity index (χ2v) is 4.99. The lowest BCUT2D eigenvalue weighted by molar-refractivity contribution is -0.116. The largest absolute Gasteiger partial charge is 0.461 e. The number of carbonyl (C=O) groups is 1. The summed E-state index contributed by atoms with van der Waals surface area (Å²) in [6.45, 7) is 4.08. The summed E-state index contributed by atoms with van der Waals surface area (Å²) in [5.41, 5.74) is 0. The number of carbonyl (C=O) groups excluding carboxylic acids is 1. The molecule has 0 spiro atoms. The fourth-order valence-electron chi connectivity index (χ4n) is 1.84. The molecular weight excluding hydrogens is 230 g/mol. The number of amides is 1. The number of aliphatic hydroxyl groups excluding tert-OH is 1. The second-order valence-electron chi connectivity index (χ2n) is 4.99. The van der Waals surface area contributed by atoms with Gasteiger partial charge in [0, 0.05) is 18.5 Å². The van der Waals surface area contributed by atoms with Crippen LogP contribution in [-0.2, 0) is 4.79 Å². The normalized spacial score (nSPS) is 24.2. The Hall–Kier alpha value is -1.55. The Morgan fingerprint density at radius 1 is 1.67 bits per heavy atom. The van der Waals surface area contributed by atoms with Gasteiger partial charge in [-0.25, -0.2) is 0 Å². The van der Waals surface area contributed by atoms with Crippen LogP contribution in [0.15, 0.2) is 22.6 Å². The van der Waals surface area contributed by atoms with Gasteiger partial charge in [0.1, 0.15) is 11.5 Å². The van der Waals surface area contributed by atoms with Gasteiger partial charge in [-0.2, -0.15) is 0 Å². The standard InChI is InChI=1S/C14H19NO3/c1-9-7-12(9)13-5-3-11(18-13)4-6-14(17)15-8-10(2)16/h3-6,9-10,12,16H,7-8H2,1-2H3,(H,15,17)/b6-4+/t9?,10-,12?/m1/s1. The van der Waals surface area contributed by atoms with Crippen LogP contribution in [0.1, 0.15) is 37.7 Å². The van der Waals surface area contributed by atoms with E-state index in [2.05, 4.69) is 12.2 Å². The predicted octanol–water partition coefficient (Wildman–Crippen LogP) is 1.91. The van der Waals surface area contributed by atoms with Gasteiger partial charge < -0.3 is 14.8 Å². The van der Waals surface area contributed by atoms with Crippen molar-refractivity contribution in [2.75, 3.05) is 6.54 Å². The number of hydrogen-bond donors (Lipinski definition) is 2. The highest BCUT2D eigenvalue weighted by Gasteiger charge is 2.36. The monoisotopic (exact) mass is 249 g/mol. The number of hydrogen-bond acceptors (Lipinski definition) is 3. The van der Waals surface area contributed by atoms with Gasteiger partial charge in [0.15, 0.2) is 0 Å². The summed E-state index contributed by atoms with van der Waals surface area (Å²) in [5.74, 6) is 2.73. The van der Waals surface area contributed by atoms with Crippen LogP contribution in [0.5, 0.6) is 0 Å². The van der Waals surface area contributed by atoms with Crippen molar-refractivity contribution in [1.82, 2.24) is 5.32 Å². The zero-order valence-corrected chi connectivity index (χ0v) is 10.7. The first-order valence-electron chi connectivity index (χ1n) is 6.30. The topological polar surface area (TPSA) is 62.5 Å². The summed E-state index contributed by atoms with van der Waals surface area (Å²) in [7, 11) is 0. The summed E-state index contributed by atoms with van der Waals surface area (Å²) in [6.07, 6.45) is 3.72. The molecule has 2 unspecified atom stereocenters. The summed E-state index contributed by atoms with van der Waals surface area (Å²) in [5, 5.41) is 11.6. The third-order valence-corrected chi connectivity index (χ3v) is 3.09. The summed E-state index contributed by atoms with van der Waals surface area (Å²) < 4.78 is 5.64. The van der Waals surface area contributed by atoms with E-state index in [-0.39, 0.29) is 12.5 Å². The van der Waals surface area contributed by atoms with E-state index < -0.39 is 6.10 Å². The summed E-state index contributed by atoms with van der Waals surface area (Å²) >= 11 is 0. The van der Waals surface area contributed by atoms with E-state index in [1.165, 1.54) is 12.5 Å². The molecule has 1 saturated carbocycles. The molecule has 4 nitrogen and oxygen atoms in total. The second kappa shape index (κ2) is 5.40. The Morgan fingerprint density at radius 2 is 2.39 bits per heavy atom. The van der Waals surface area contributed by atoms with Crippen LogP contribution in [0.4, 0.5) is 0 Å². The molecule has 1 heterocycles. The number of aliphatic hydroxyl groups is 1. The molecule has 98 valence electrons. The van der Waals surface area contributed by atoms with Crippen LogP contribution in [0, 0.1) is 5.92 Å². The highest BCUT2D eigenvalue weighted by atomic mass is 16.3. The van der Waals surface area contributed by atoms with Gasteiger partial charge in [-0.1, -0.05) is 6.92 Å². The maximum Gasteiger partial charge on any atom is 0.244 e. The van der Waals surface area contributed by atoms with Crippen molar-refractivity contribution in [2.24, 2.45) is 5.92 Å². The van der Waals surface area contributed by atoms with Crippen LogP contribution >= 0.6 is 0 Å². The van der Waals surface area contributed by atoms with E-state index in [9.17, 15) is 4.79 Å². The lowest BCUT2D eigenvalue weighted by atomic mass is 10.3. The number of rotatable bonds is 5. The van der Waals surface area contributed by atoms with Crippen LogP contribution in [0.25, 0.3) is 6.08 Å². The van der Waals surface area contributed by atoms with E-state index in [4.69, 9.17) is 9.52 Å². The van der Waals surface area contributed by atoms with Crippen molar-refractivity contribution in [3.05, 3.63) is 29.7 Å². The SMILES string of the molecule is CC1CC1c1ccc(/C=C/C(=O)NC[C@@H](C)O)o1. The minimum Gasteiger partial charge on any atom is -0.461 e. The molecule has 0 aliphatic heterocycles. The molecule has 1 fully saturated rings. The molecular formula is C14H19NO3. The van der Waals surface area contributed by atoms with Crippen LogP contribution in [0.3, 0.4) is 0 Å². The molecule has 0 bridgehead atoms. The average Bonchev–Trinajstić information content (AvgIpc) is 2.88. The lowest BCUT2D eigenvalue weighted by Gasteiger charge is -2.03. The van der Waals surface area contributed by atoms with E-state index in [0.29, 0.717) is 17.6 Å². The predicted molar refractivity (Wildman–Crippen MR) is 69.0 cm³/mol. The van der Waals surface area contributed by atoms with E-state index in [0.717, 1.165) is 5.76 Å². The molecule has 1 aromatic rings. The molecule has 18 heavy (non-hydrogen) atoms.